The molecule has 25 heavy (non-hydrogen) atoms. The number of benzene rings is 1. The Kier molecular flexibility index (Phi) is 4.34. The van der Waals surface area contributed by atoms with E-state index in [-0.39, 0.29) is 11.4 Å². The second-order valence-corrected chi connectivity index (χ2v) is 5.38. The highest BCUT2D eigenvalue weighted by molar-refractivity contribution is 5.93. The predicted molar refractivity (Wildman–Crippen MR) is 90.5 cm³/mol. The molecule has 3 aromatic rings. The van der Waals surface area contributed by atoms with Gasteiger partial charge in [0, 0.05) is 28.9 Å². The third-order valence-electron chi connectivity index (χ3n) is 3.63. The third-order valence-corrected chi connectivity index (χ3v) is 3.63. The Labute approximate surface area is 142 Å². The standard InChI is InChI=1S/C17H15N3O5/c1-10-7-15(13-8-11(20(22)23)3-5-14(13)19-10)18-9-12-4-6-16(25-12)17(21)24-2/h3-8H,9H2,1-2H3,(H,18,19). The number of nitrogens with one attached hydrogen (secondary N) is 1. The lowest BCUT2D eigenvalue weighted by Crippen LogP contribution is -2.02. The molecule has 0 saturated heterocycles. The number of carbonyl (C=O) groups is 1. The predicted octanol–water partition coefficient (Wildman–Crippen LogP) is 3.44. The summed E-state index contributed by atoms with van der Waals surface area (Å²) in [6, 6.07) is 9.52. The summed E-state index contributed by atoms with van der Waals surface area (Å²) in [6.07, 6.45) is 0. The lowest BCUT2D eigenvalue weighted by Gasteiger charge is -2.09. The first kappa shape index (κ1) is 16.4. The van der Waals surface area contributed by atoms with E-state index in [1.54, 1.807) is 18.2 Å². The number of hydrogen-bond donors (Lipinski definition) is 1. The molecule has 0 aliphatic heterocycles. The zero-order chi connectivity index (χ0) is 18.0. The molecule has 0 radical (unpaired) electrons. The molecular weight excluding hydrogens is 326 g/mol. The lowest BCUT2D eigenvalue weighted by atomic mass is 10.1. The van der Waals surface area contributed by atoms with Crippen molar-refractivity contribution >= 4 is 28.2 Å². The summed E-state index contributed by atoms with van der Waals surface area (Å²) in [4.78, 5) is 26.4. The number of rotatable bonds is 5. The smallest absolute Gasteiger partial charge is 0.373 e. The number of nitrogens with zero attached hydrogens (tertiary/aromatic N) is 2. The number of aryl methyl sites for hydroxylation is 1. The monoisotopic (exact) mass is 341 g/mol. The quantitative estimate of drug-likeness (QED) is 0.430. The molecule has 8 nitrogen and oxygen atoms in total. The van der Waals surface area contributed by atoms with Gasteiger partial charge in [0.2, 0.25) is 5.76 Å². The van der Waals surface area contributed by atoms with Gasteiger partial charge in [0.25, 0.3) is 5.69 Å². The number of esters is 1. The van der Waals surface area contributed by atoms with Crippen LogP contribution in [0.2, 0.25) is 0 Å². The van der Waals surface area contributed by atoms with Crippen molar-refractivity contribution in [2.45, 2.75) is 13.5 Å². The SMILES string of the molecule is COC(=O)c1ccc(CNc2cc(C)nc3ccc([N+](=O)[O-])cc23)o1. The molecule has 0 fully saturated rings. The van der Waals surface area contributed by atoms with Crippen LogP contribution in [0.4, 0.5) is 11.4 Å². The number of furan rings is 1. The van der Waals surface area contributed by atoms with Crippen LogP contribution in [0.15, 0.2) is 40.8 Å². The van der Waals surface area contributed by atoms with Crippen molar-refractivity contribution < 1.29 is 18.9 Å². The van der Waals surface area contributed by atoms with Crippen molar-refractivity contribution in [1.82, 2.24) is 4.98 Å². The summed E-state index contributed by atoms with van der Waals surface area (Å²) in [5, 5.41) is 14.8. The molecule has 8 heteroatoms. The van der Waals surface area contributed by atoms with Gasteiger partial charge < -0.3 is 14.5 Å². The molecule has 2 heterocycles. The molecule has 2 aromatic heterocycles. The number of methoxy groups -OCH3 is 1. The van der Waals surface area contributed by atoms with Crippen LogP contribution in [0, 0.1) is 17.0 Å². The second kappa shape index (κ2) is 6.60. The number of nitro benzene ring substituents is 1. The van der Waals surface area contributed by atoms with Crippen molar-refractivity contribution in [1.29, 1.82) is 0 Å². The van der Waals surface area contributed by atoms with Crippen molar-refractivity contribution in [3.05, 3.63) is 63.7 Å². The van der Waals surface area contributed by atoms with E-state index in [0.717, 1.165) is 5.69 Å². The molecule has 0 bridgehead atoms. The Hall–Kier alpha value is -3.42. The van der Waals surface area contributed by atoms with Crippen LogP contribution in [0.5, 0.6) is 0 Å². The fourth-order valence-electron chi connectivity index (χ4n) is 2.47. The fraction of sp³-hybridized carbons (Fsp3) is 0.176. The van der Waals surface area contributed by atoms with E-state index in [4.69, 9.17) is 4.42 Å². The van der Waals surface area contributed by atoms with E-state index in [1.807, 2.05) is 6.92 Å². The van der Waals surface area contributed by atoms with E-state index in [9.17, 15) is 14.9 Å². The Bertz CT molecular complexity index is 964. The van der Waals surface area contributed by atoms with Gasteiger partial charge in [-0.2, -0.15) is 0 Å². The summed E-state index contributed by atoms with van der Waals surface area (Å²) in [6.45, 7) is 2.15. The van der Waals surface area contributed by atoms with Crippen LogP contribution in [0.1, 0.15) is 22.0 Å². The number of anilines is 1. The highest BCUT2D eigenvalue weighted by atomic mass is 16.6. The molecule has 0 aliphatic carbocycles. The molecule has 1 N–H and O–H groups in total. The van der Waals surface area contributed by atoms with Gasteiger partial charge >= 0.3 is 5.97 Å². The van der Waals surface area contributed by atoms with Crippen LogP contribution >= 0.6 is 0 Å². The van der Waals surface area contributed by atoms with E-state index in [2.05, 4.69) is 15.0 Å². The summed E-state index contributed by atoms with van der Waals surface area (Å²) in [7, 11) is 1.28. The Balaban J connectivity index is 1.89. The van der Waals surface area contributed by atoms with Gasteiger partial charge in [0.1, 0.15) is 5.76 Å². The molecule has 0 atom stereocenters. The minimum absolute atomic E-state index is 0.00724. The highest BCUT2D eigenvalue weighted by Gasteiger charge is 2.13. The molecule has 0 spiro atoms. The van der Waals surface area contributed by atoms with Gasteiger partial charge in [-0.3, -0.25) is 15.1 Å². The molecule has 0 aliphatic rings. The maximum absolute atomic E-state index is 11.4. The van der Waals surface area contributed by atoms with Crippen molar-refractivity contribution in [3.63, 3.8) is 0 Å². The minimum Gasteiger partial charge on any atom is -0.463 e. The van der Waals surface area contributed by atoms with Gasteiger partial charge in [-0.25, -0.2) is 4.79 Å². The zero-order valence-electron chi connectivity index (χ0n) is 13.6. The lowest BCUT2D eigenvalue weighted by molar-refractivity contribution is -0.384. The topological polar surface area (TPSA) is 108 Å². The number of nitro groups is 1. The van der Waals surface area contributed by atoms with Gasteiger partial charge in [-0.05, 0) is 31.2 Å². The summed E-state index contributed by atoms with van der Waals surface area (Å²) in [5.74, 6) is 0.103. The van der Waals surface area contributed by atoms with Gasteiger partial charge in [0.05, 0.1) is 24.1 Å². The van der Waals surface area contributed by atoms with Gasteiger partial charge in [-0.1, -0.05) is 0 Å². The number of non-ortho nitro benzene ring substituents is 1. The molecular formula is C17H15N3O5. The largest absolute Gasteiger partial charge is 0.463 e. The Morgan fingerprint density at radius 2 is 2.12 bits per heavy atom. The number of pyridine rings is 1. The number of ether oxygens (including phenoxy) is 1. The van der Waals surface area contributed by atoms with Gasteiger partial charge in [0.15, 0.2) is 0 Å². The fourth-order valence-corrected chi connectivity index (χ4v) is 2.47. The molecule has 0 saturated carbocycles. The second-order valence-electron chi connectivity index (χ2n) is 5.38. The molecule has 3 rings (SSSR count). The highest BCUT2D eigenvalue weighted by Crippen LogP contribution is 2.27. The summed E-state index contributed by atoms with van der Waals surface area (Å²) in [5.41, 5.74) is 2.12. The van der Waals surface area contributed by atoms with Crippen molar-refractivity contribution in [2.75, 3.05) is 12.4 Å². The molecule has 0 unspecified atom stereocenters. The molecule has 128 valence electrons. The maximum atomic E-state index is 11.4. The van der Waals surface area contributed by atoms with Crippen LogP contribution in [0.25, 0.3) is 10.9 Å². The zero-order valence-corrected chi connectivity index (χ0v) is 13.6. The van der Waals surface area contributed by atoms with Gasteiger partial charge in [-0.15, -0.1) is 0 Å². The van der Waals surface area contributed by atoms with Crippen LogP contribution in [-0.4, -0.2) is 23.0 Å². The maximum Gasteiger partial charge on any atom is 0.373 e. The first-order valence-electron chi connectivity index (χ1n) is 7.44. The average Bonchev–Trinajstić information content (AvgIpc) is 3.07. The average molecular weight is 341 g/mol. The number of hydrogen-bond acceptors (Lipinski definition) is 7. The third kappa shape index (κ3) is 3.42. The van der Waals surface area contributed by atoms with Crippen molar-refractivity contribution in [2.24, 2.45) is 0 Å². The molecule has 0 amide bonds. The van der Waals surface area contributed by atoms with E-state index < -0.39 is 10.9 Å². The van der Waals surface area contributed by atoms with Crippen LogP contribution in [-0.2, 0) is 11.3 Å². The van der Waals surface area contributed by atoms with Crippen LogP contribution in [0.3, 0.4) is 0 Å². The Morgan fingerprint density at radius 3 is 2.84 bits per heavy atom. The normalized spacial score (nSPS) is 10.6. The number of carbonyl (C=O) groups excluding carboxylic acids is 1. The summed E-state index contributed by atoms with van der Waals surface area (Å²) < 4.78 is 10.00. The summed E-state index contributed by atoms with van der Waals surface area (Å²) >= 11 is 0. The first-order chi connectivity index (χ1) is 12.0. The van der Waals surface area contributed by atoms with E-state index in [0.29, 0.717) is 28.9 Å². The van der Waals surface area contributed by atoms with E-state index in [1.165, 1.54) is 25.3 Å². The van der Waals surface area contributed by atoms with Crippen molar-refractivity contribution in [3.8, 4) is 0 Å². The minimum atomic E-state index is -0.549. The molecule has 1 aromatic carbocycles. The first-order valence-corrected chi connectivity index (χ1v) is 7.44. The Morgan fingerprint density at radius 1 is 1.32 bits per heavy atom. The number of fused-ring (bicyclic) bond motifs is 1. The van der Waals surface area contributed by atoms with Crippen LogP contribution < -0.4 is 5.32 Å². The number of aromatic nitrogens is 1. The van der Waals surface area contributed by atoms with E-state index >= 15 is 0 Å².